The summed E-state index contributed by atoms with van der Waals surface area (Å²) in [6.45, 7) is 1.67. The van der Waals surface area contributed by atoms with E-state index in [9.17, 15) is 14.4 Å². The van der Waals surface area contributed by atoms with Crippen molar-refractivity contribution in [3.63, 3.8) is 0 Å². The molecule has 1 aromatic rings. The van der Waals surface area contributed by atoms with E-state index in [2.05, 4.69) is 15.8 Å². The summed E-state index contributed by atoms with van der Waals surface area (Å²) in [6.07, 6.45) is 5.47. The van der Waals surface area contributed by atoms with Gasteiger partial charge in [-0.3, -0.25) is 24.1 Å². The van der Waals surface area contributed by atoms with E-state index < -0.39 is 11.2 Å². The van der Waals surface area contributed by atoms with Crippen molar-refractivity contribution in [2.45, 2.75) is 26.2 Å². The van der Waals surface area contributed by atoms with E-state index in [4.69, 9.17) is 4.74 Å². The number of ether oxygens (including phenoxy) is 1. The molecule has 1 aromatic heterocycles. The number of nitrogens with one attached hydrogen (secondary N) is 2. The molecule has 1 heterocycles. The number of carbonyl (C=O) groups is 1. The predicted octanol–water partition coefficient (Wildman–Crippen LogP) is 0.586. The third-order valence-electron chi connectivity index (χ3n) is 3.95. The van der Waals surface area contributed by atoms with E-state index >= 15 is 0 Å². The summed E-state index contributed by atoms with van der Waals surface area (Å²) in [7, 11) is 4.50. The molecular weight excluding hydrogens is 338 g/mol. The molecule has 2 N–H and O–H groups in total. The molecule has 0 saturated heterocycles. The fourth-order valence-electron chi connectivity index (χ4n) is 2.43. The van der Waals surface area contributed by atoms with Crippen molar-refractivity contribution in [1.29, 1.82) is 0 Å². The summed E-state index contributed by atoms with van der Waals surface area (Å²) in [5.74, 6) is 0.753. The first-order chi connectivity index (χ1) is 12.3. The summed E-state index contributed by atoms with van der Waals surface area (Å²) in [5.41, 5.74) is 2.90. The van der Waals surface area contributed by atoms with E-state index in [0.29, 0.717) is 11.4 Å². The Balaban J connectivity index is 2.04. The molecule has 0 atom stereocenters. The number of hydrogen-bond donors (Lipinski definition) is 2. The van der Waals surface area contributed by atoms with Gasteiger partial charge in [-0.25, -0.2) is 4.79 Å². The lowest BCUT2D eigenvalue weighted by Gasteiger charge is -2.15. The Morgan fingerprint density at radius 1 is 1.31 bits per heavy atom. The molecule has 2 rings (SSSR count). The summed E-state index contributed by atoms with van der Waals surface area (Å²) in [4.78, 5) is 35.7. The minimum atomic E-state index is -0.464. The van der Waals surface area contributed by atoms with Gasteiger partial charge in [0.05, 0.1) is 19.2 Å². The maximum Gasteiger partial charge on any atom is 0.332 e. The zero-order valence-corrected chi connectivity index (χ0v) is 15.3. The lowest BCUT2D eigenvalue weighted by Crippen LogP contribution is -2.37. The van der Waals surface area contributed by atoms with Crippen molar-refractivity contribution in [3.05, 3.63) is 50.5 Å². The number of methoxy groups -OCH3 is 1. The highest BCUT2D eigenvalue weighted by atomic mass is 16.5. The molecule has 0 aliphatic heterocycles. The fourth-order valence-corrected chi connectivity index (χ4v) is 2.43. The second-order valence-corrected chi connectivity index (χ2v) is 5.93. The quantitative estimate of drug-likeness (QED) is 0.570. The van der Waals surface area contributed by atoms with E-state index in [1.165, 1.54) is 24.7 Å². The minimum Gasteiger partial charge on any atom is -0.499 e. The number of aromatic nitrogens is 2. The molecule has 0 fully saturated rings. The molecule has 0 radical (unpaired) electrons. The van der Waals surface area contributed by atoms with Crippen LogP contribution in [0.2, 0.25) is 0 Å². The van der Waals surface area contributed by atoms with Crippen molar-refractivity contribution in [1.82, 2.24) is 14.5 Å². The number of rotatable bonds is 6. The van der Waals surface area contributed by atoms with Crippen molar-refractivity contribution in [3.8, 4) is 0 Å². The second-order valence-electron chi connectivity index (χ2n) is 5.93. The molecule has 1 aliphatic rings. The molecule has 0 aromatic carbocycles. The summed E-state index contributed by atoms with van der Waals surface area (Å²) in [5, 5.41) is 6.87. The predicted molar refractivity (Wildman–Crippen MR) is 98.8 cm³/mol. The fraction of sp³-hybridized carbons (Fsp3) is 0.412. The van der Waals surface area contributed by atoms with Crippen LogP contribution in [0.1, 0.15) is 26.2 Å². The van der Waals surface area contributed by atoms with Gasteiger partial charge in [-0.2, -0.15) is 5.10 Å². The van der Waals surface area contributed by atoms with E-state index in [-0.39, 0.29) is 18.1 Å². The van der Waals surface area contributed by atoms with Gasteiger partial charge < -0.3 is 10.1 Å². The maximum absolute atomic E-state index is 12.2. The van der Waals surface area contributed by atoms with Gasteiger partial charge in [0.25, 0.3) is 5.56 Å². The smallest absolute Gasteiger partial charge is 0.332 e. The lowest BCUT2D eigenvalue weighted by molar-refractivity contribution is -0.119. The number of allylic oxidation sites excluding steroid dienone is 3. The van der Waals surface area contributed by atoms with Gasteiger partial charge in [0, 0.05) is 32.3 Å². The molecular formula is C17H23N5O4. The molecule has 0 bridgehead atoms. The van der Waals surface area contributed by atoms with E-state index in [0.717, 1.165) is 23.2 Å². The van der Waals surface area contributed by atoms with Crippen LogP contribution in [0.5, 0.6) is 0 Å². The highest BCUT2D eigenvalue weighted by Gasteiger charge is 2.12. The number of amides is 1. The number of carbonyl (C=O) groups excluding carboxylic acids is 1. The van der Waals surface area contributed by atoms with Crippen LogP contribution < -0.4 is 22.0 Å². The average Bonchev–Trinajstić information content (AvgIpc) is 2.62. The van der Waals surface area contributed by atoms with Crippen molar-refractivity contribution >= 4 is 17.4 Å². The summed E-state index contributed by atoms with van der Waals surface area (Å²) >= 11 is 0. The standard InChI is InChI=1S/C17H23N5O4/c1-11(9-15(23)18-12-7-5-6-8-13(12)26-4)19-20-14-10-16(24)22(3)17(25)21(14)2/h5,7,10,20H,6,8-9H2,1-4H3,(H,18,23)/b19-11-. The van der Waals surface area contributed by atoms with Crippen LogP contribution in [0.3, 0.4) is 0 Å². The second kappa shape index (κ2) is 8.32. The molecule has 9 nitrogen and oxygen atoms in total. The highest BCUT2D eigenvalue weighted by Crippen LogP contribution is 2.17. The monoisotopic (exact) mass is 361 g/mol. The van der Waals surface area contributed by atoms with E-state index in [1.54, 1.807) is 14.0 Å². The van der Waals surface area contributed by atoms with Gasteiger partial charge in [-0.15, -0.1) is 0 Å². The Morgan fingerprint density at radius 3 is 2.73 bits per heavy atom. The number of hydrogen-bond acceptors (Lipinski definition) is 6. The van der Waals surface area contributed by atoms with Crippen LogP contribution in [0, 0.1) is 0 Å². The third kappa shape index (κ3) is 4.50. The first kappa shape index (κ1) is 19.2. The molecule has 0 unspecified atom stereocenters. The van der Waals surface area contributed by atoms with Crippen LogP contribution >= 0.6 is 0 Å². The van der Waals surface area contributed by atoms with Gasteiger partial charge in [-0.1, -0.05) is 6.08 Å². The average molecular weight is 361 g/mol. The summed E-state index contributed by atoms with van der Waals surface area (Å²) in [6, 6.07) is 1.26. The number of anilines is 1. The van der Waals surface area contributed by atoms with Crippen LogP contribution in [0.15, 0.2) is 44.4 Å². The topological polar surface area (TPSA) is 107 Å². The third-order valence-corrected chi connectivity index (χ3v) is 3.95. The number of hydrazone groups is 1. The van der Waals surface area contributed by atoms with Gasteiger partial charge in [0.15, 0.2) is 0 Å². The SMILES string of the molecule is COC1=C(NC(=O)C/C(C)=N\Nc2cc(=O)n(C)c(=O)n2C)C=CCC1. The maximum atomic E-state index is 12.2. The molecule has 140 valence electrons. The van der Waals surface area contributed by atoms with Gasteiger partial charge >= 0.3 is 5.69 Å². The summed E-state index contributed by atoms with van der Waals surface area (Å²) < 4.78 is 7.53. The normalized spacial score (nSPS) is 14.4. The Kier molecular flexibility index (Phi) is 6.16. The highest BCUT2D eigenvalue weighted by molar-refractivity contribution is 6.00. The van der Waals surface area contributed by atoms with Crippen LogP contribution in [-0.2, 0) is 23.6 Å². The first-order valence-electron chi connectivity index (χ1n) is 8.13. The van der Waals surface area contributed by atoms with Crippen LogP contribution in [0.4, 0.5) is 5.82 Å². The van der Waals surface area contributed by atoms with Crippen molar-refractivity contribution in [2.24, 2.45) is 19.2 Å². The zero-order valence-electron chi connectivity index (χ0n) is 15.3. The molecule has 0 saturated carbocycles. The largest absolute Gasteiger partial charge is 0.499 e. The minimum absolute atomic E-state index is 0.0557. The molecule has 1 aliphatic carbocycles. The van der Waals surface area contributed by atoms with Crippen LogP contribution in [0.25, 0.3) is 0 Å². The van der Waals surface area contributed by atoms with Gasteiger partial charge in [0.1, 0.15) is 11.6 Å². The zero-order chi connectivity index (χ0) is 19.3. The lowest BCUT2D eigenvalue weighted by atomic mass is 10.1. The molecule has 9 heteroatoms. The Bertz CT molecular complexity index is 905. The first-order valence-corrected chi connectivity index (χ1v) is 8.13. The molecule has 26 heavy (non-hydrogen) atoms. The van der Waals surface area contributed by atoms with Crippen molar-refractivity contribution < 1.29 is 9.53 Å². The van der Waals surface area contributed by atoms with E-state index in [1.807, 2.05) is 12.2 Å². The Labute approximate surface area is 150 Å². The Hall–Kier alpha value is -3.10. The van der Waals surface area contributed by atoms with Crippen molar-refractivity contribution in [2.75, 3.05) is 12.5 Å². The molecule has 1 amide bonds. The molecule has 0 spiro atoms. The van der Waals surface area contributed by atoms with Crippen LogP contribution in [-0.4, -0.2) is 27.9 Å². The van der Waals surface area contributed by atoms with Gasteiger partial charge in [-0.05, 0) is 19.4 Å². The number of nitrogens with zero attached hydrogens (tertiary/aromatic N) is 3. The Morgan fingerprint density at radius 2 is 2.04 bits per heavy atom. The van der Waals surface area contributed by atoms with Gasteiger partial charge in [0.2, 0.25) is 5.91 Å².